The monoisotopic (exact) mass is 176 g/mol. The van der Waals surface area contributed by atoms with E-state index < -0.39 is 0 Å². The predicted molar refractivity (Wildman–Crippen MR) is 49.0 cm³/mol. The molecule has 0 aromatic carbocycles. The van der Waals surface area contributed by atoms with Crippen molar-refractivity contribution in [1.29, 1.82) is 0 Å². The second-order valence-electron chi connectivity index (χ2n) is 3.22. The van der Waals surface area contributed by atoms with Crippen LogP contribution in [-0.4, -0.2) is 22.6 Å². The molecular formula is C9H12N4. The summed E-state index contributed by atoms with van der Waals surface area (Å²) in [4.78, 5) is 4.05. The van der Waals surface area contributed by atoms with Crippen molar-refractivity contribution < 1.29 is 0 Å². The Morgan fingerprint density at radius 2 is 2.54 bits per heavy atom. The van der Waals surface area contributed by atoms with Gasteiger partial charge in [0.2, 0.25) is 0 Å². The zero-order chi connectivity index (χ0) is 9.10. The normalized spacial score (nSPS) is 21.0. The summed E-state index contributed by atoms with van der Waals surface area (Å²) in [6.07, 6.45) is 3.64. The standard InChI is InChI=1S/C9H12N4/c1-8-5-11-12-13(8)7-9-3-2-4-10-6-9/h2-4,6,8H,5,7H2,1H3. The van der Waals surface area contributed by atoms with Crippen LogP contribution in [0.1, 0.15) is 12.5 Å². The molecule has 0 saturated carbocycles. The van der Waals surface area contributed by atoms with Gasteiger partial charge in [-0.1, -0.05) is 11.3 Å². The smallest absolute Gasteiger partial charge is 0.0838 e. The highest BCUT2D eigenvalue weighted by Gasteiger charge is 2.16. The predicted octanol–water partition coefficient (Wildman–Crippen LogP) is 1.65. The highest BCUT2D eigenvalue weighted by molar-refractivity contribution is 5.08. The van der Waals surface area contributed by atoms with Gasteiger partial charge < -0.3 is 0 Å². The molecule has 1 aromatic heterocycles. The van der Waals surface area contributed by atoms with Gasteiger partial charge in [0.1, 0.15) is 0 Å². The van der Waals surface area contributed by atoms with Gasteiger partial charge in [0, 0.05) is 12.4 Å². The van der Waals surface area contributed by atoms with Crippen LogP contribution in [0, 0.1) is 0 Å². The number of pyridine rings is 1. The van der Waals surface area contributed by atoms with Crippen LogP contribution in [0.25, 0.3) is 0 Å². The van der Waals surface area contributed by atoms with Crippen LogP contribution in [0.2, 0.25) is 0 Å². The Hall–Kier alpha value is -1.45. The summed E-state index contributed by atoms with van der Waals surface area (Å²) in [5.74, 6) is 0. The molecule has 1 aliphatic rings. The third-order valence-electron chi connectivity index (χ3n) is 2.10. The first-order valence-corrected chi connectivity index (χ1v) is 4.39. The van der Waals surface area contributed by atoms with Crippen molar-refractivity contribution in [2.75, 3.05) is 6.54 Å². The van der Waals surface area contributed by atoms with Crippen molar-refractivity contribution in [3.63, 3.8) is 0 Å². The average Bonchev–Trinajstić information content (AvgIpc) is 2.54. The van der Waals surface area contributed by atoms with Crippen LogP contribution in [0.5, 0.6) is 0 Å². The Kier molecular flexibility index (Phi) is 2.21. The largest absolute Gasteiger partial charge is 0.270 e. The molecule has 1 aliphatic heterocycles. The maximum absolute atomic E-state index is 4.05. The SMILES string of the molecule is CC1CN=NN1Cc1cccnc1. The van der Waals surface area contributed by atoms with E-state index in [0.717, 1.165) is 13.1 Å². The summed E-state index contributed by atoms with van der Waals surface area (Å²) in [5.41, 5.74) is 1.18. The highest BCUT2D eigenvalue weighted by atomic mass is 15.6. The van der Waals surface area contributed by atoms with E-state index in [2.05, 4.69) is 22.2 Å². The first-order chi connectivity index (χ1) is 6.36. The summed E-state index contributed by atoms with van der Waals surface area (Å²) in [7, 11) is 0. The van der Waals surface area contributed by atoms with Gasteiger partial charge in [-0.15, -0.1) is 0 Å². The molecule has 2 heterocycles. The Bertz CT molecular complexity index is 296. The summed E-state index contributed by atoms with van der Waals surface area (Å²) >= 11 is 0. The second kappa shape index (κ2) is 3.51. The number of hydrogen-bond acceptors (Lipinski definition) is 4. The molecule has 2 rings (SSSR count). The fourth-order valence-corrected chi connectivity index (χ4v) is 1.28. The summed E-state index contributed by atoms with van der Waals surface area (Å²) < 4.78 is 0. The van der Waals surface area contributed by atoms with E-state index in [1.54, 1.807) is 6.20 Å². The lowest BCUT2D eigenvalue weighted by molar-refractivity contribution is 0.242. The molecule has 0 aliphatic carbocycles. The molecule has 4 heteroatoms. The number of hydrogen-bond donors (Lipinski definition) is 0. The number of nitrogens with zero attached hydrogens (tertiary/aromatic N) is 4. The molecule has 4 nitrogen and oxygen atoms in total. The minimum atomic E-state index is 0.417. The minimum absolute atomic E-state index is 0.417. The lowest BCUT2D eigenvalue weighted by Crippen LogP contribution is -2.25. The van der Waals surface area contributed by atoms with Crippen molar-refractivity contribution in [2.45, 2.75) is 19.5 Å². The van der Waals surface area contributed by atoms with E-state index in [9.17, 15) is 0 Å². The zero-order valence-corrected chi connectivity index (χ0v) is 7.59. The second-order valence-corrected chi connectivity index (χ2v) is 3.22. The van der Waals surface area contributed by atoms with E-state index >= 15 is 0 Å². The molecule has 0 bridgehead atoms. The molecule has 0 spiro atoms. The molecule has 0 fully saturated rings. The topological polar surface area (TPSA) is 40.9 Å². The number of rotatable bonds is 2. The molecule has 1 unspecified atom stereocenters. The van der Waals surface area contributed by atoms with Crippen LogP contribution in [0.4, 0.5) is 0 Å². The van der Waals surface area contributed by atoms with E-state index in [1.165, 1.54) is 5.56 Å². The van der Waals surface area contributed by atoms with Gasteiger partial charge in [0.25, 0.3) is 0 Å². The summed E-state index contributed by atoms with van der Waals surface area (Å²) in [6.45, 7) is 3.73. The van der Waals surface area contributed by atoms with Crippen molar-refractivity contribution in [2.24, 2.45) is 10.3 Å². The van der Waals surface area contributed by atoms with Crippen molar-refractivity contribution in [3.05, 3.63) is 30.1 Å². The molecule has 1 atom stereocenters. The third-order valence-corrected chi connectivity index (χ3v) is 2.10. The van der Waals surface area contributed by atoms with E-state index in [-0.39, 0.29) is 0 Å². The summed E-state index contributed by atoms with van der Waals surface area (Å²) in [6, 6.07) is 4.40. The van der Waals surface area contributed by atoms with Gasteiger partial charge in [-0.3, -0.25) is 9.99 Å². The van der Waals surface area contributed by atoms with Gasteiger partial charge in [-0.2, -0.15) is 5.11 Å². The zero-order valence-electron chi connectivity index (χ0n) is 7.59. The van der Waals surface area contributed by atoms with Gasteiger partial charge in [0.15, 0.2) is 0 Å². The quantitative estimate of drug-likeness (QED) is 0.687. The fraction of sp³-hybridized carbons (Fsp3) is 0.444. The first kappa shape index (κ1) is 8.16. The summed E-state index contributed by atoms with van der Waals surface area (Å²) in [5, 5.41) is 10.00. The van der Waals surface area contributed by atoms with E-state index in [1.807, 2.05) is 23.3 Å². The Labute approximate surface area is 77.3 Å². The Morgan fingerprint density at radius 3 is 3.15 bits per heavy atom. The molecular weight excluding hydrogens is 164 g/mol. The molecule has 1 aromatic rings. The molecule has 0 saturated heterocycles. The van der Waals surface area contributed by atoms with Gasteiger partial charge >= 0.3 is 0 Å². The molecule has 0 amide bonds. The average molecular weight is 176 g/mol. The van der Waals surface area contributed by atoms with Crippen LogP contribution < -0.4 is 0 Å². The third kappa shape index (κ3) is 1.83. The molecule has 0 N–H and O–H groups in total. The maximum atomic E-state index is 4.05. The lowest BCUT2D eigenvalue weighted by Gasteiger charge is -2.17. The highest BCUT2D eigenvalue weighted by Crippen LogP contribution is 2.13. The van der Waals surface area contributed by atoms with Crippen LogP contribution in [0.3, 0.4) is 0 Å². The maximum Gasteiger partial charge on any atom is 0.0838 e. The van der Waals surface area contributed by atoms with Crippen LogP contribution in [-0.2, 0) is 6.54 Å². The minimum Gasteiger partial charge on any atom is -0.270 e. The molecule has 68 valence electrons. The first-order valence-electron chi connectivity index (χ1n) is 4.39. The fourth-order valence-electron chi connectivity index (χ4n) is 1.28. The molecule has 0 radical (unpaired) electrons. The van der Waals surface area contributed by atoms with Crippen LogP contribution in [0.15, 0.2) is 34.9 Å². The van der Waals surface area contributed by atoms with Crippen molar-refractivity contribution in [1.82, 2.24) is 9.99 Å². The van der Waals surface area contributed by atoms with Gasteiger partial charge in [0.05, 0.1) is 19.1 Å². The lowest BCUT2D eigenvalue weighted by atomic mass is 10.2. The van der Waals surface area contributed by atoms with Gasteiger partial charge in [-0.05, 0) is 18.6 Å². The van der Waals surface area contributed by atoms with E-state index in [0.29, 0.717) is 6.04 Å². The van der Waals surface area contributed by atoms with E-state index in [4.69, 9.17) is 0 Å². The van der Waals surface area contributed by atoms with Gasteiger partial charge in [-0.25, -0.2) is 0 Å². The number of aromatic nitrogens is 1. The Balaban J connectivity index is 2.02. The Morgan fingerprint density at radius 1 is 1.62 bits per heavy atom. The van der Waals surface area contributed by atoms with Crippen molar-refractivity contribution >= 4 is 0 Å². The van der Waals surface area contributed by atoms with Crippen molar-refractivity contribution in [3.8, 4) is 0 Å². The molecule has 13 heavy (non-hydrogen) atoms. The van der Waals surface area contributed by atoms with Crippen LogP contribution >= 0.6 is 0 Å².